The molecule has 0 N–H and O–H groups in total. The predicted octanol–water partition coefficient (Wildman–Crippen LogP) is 3.52. The number of carbonyl (C=O) groups excluding carboxylic acids is 1. The first-order chi connectivity index (χ1) is 9.65. The van der Waals surface area contributed by atoms with Crippen LogP contribution in [0.2, 0.25) is 0 Å². The molecule has 0 radical (unpaired) electrons. The van der Waals surface area contributed by atoms with Gasteiger partial charge in [0.15, 0.2) is 5.78 Å². The monoisotopic (exact) mass is 274 g/mol. The van der Waals surface area contributed by atoms with Gasteiger partial charge in [-0.2, -0.15) is 0 Å². The van der Waals surface area contributed by atoms with Crippen molar-refractivity contribution in [2.24, 2.45) is 0 Å². The molecular formula is C16H12F2O2. The quantitative estimate of drug-likeness (QED) is 0.783. The minimum absolute atomic E-state index is 0.00919. The van der Waals surface area contributed by atoms with Gasteiger partial charge in [0.1, 0.15) is 17.4 Å². The molecule has 2 aromatic carbocycles. The first-order valence-electron chi connectivity index (χ1n) is 6.40. The van der Waals surface area contributed by atoms with Gasteiger partial charge in [0.25, 0.3) is 0 Å². The van der Waals surface area contributed by atoms with Crippen LogP contribution in [-0.2, 0) is 6.42 Å². The van der Waals surface area contributed by atoms with Crippen LogP contribution >= 0.6 is 0 Å². The molecule has 0 aliphatic carbocycles. The molecule has 0 atom stereocenters. The Hall–Kier alpha value is -2.23. The number of halogens is 2. The van der Waals surface area contributed by atoms with Crippen molar-refractivity contribution in [3.8, 4) is 5.75 Å². The fourth-order valence-corrected chi connectivity index (χ4v) is 2.41. The van der Waals surface area contributed by atoms with Crippen LogP contribution < -0.4 is 4.74 Å². The zero-order valence-electron chi connectivity index (χ0n) is 10.7. The van der Waals surface area contributed by atoms with E-state index in [4.69, 9.17) is 4.74 Å². The molecule has 2 nitrogen and oxygen atoms in total. The minimum Gasteiger partial charge on any atom is -0.493 e. The third-order valence-electron chi connectivity index (χ3n) is 3.30. The SMILES string of the molecule is O=C(c1cc(F)cc(F)c1)c1cccc2c1OCCC2. The van der Waals surface area contributed by atoms with Crippen molar-refractivity contribution in [1.82, 2.24) is 0 Å². The highest BCUT2D eigenvalue weighted by molar-refractivity contribution is 6.11. The first kappa shape index (κ1) is 12.8. The molecule has 0 saturated carbocycles. The van der Waals surface area contributed by atoms with Crippen LogP contribution in [0.4, 0.5) is 8.78 Å². The second-order valence-corrected chi connectivity index (χ2v) is 4.73. The summed E-state index contributed by atoms with van der Waals surface area (Å²) in [4.78, 5) is 12.4. The number of hydrogen-bond donors (Lipinski definition) is 0. The Balaban J connectivity index is 2.06. The van der Waals surface area contributed by atoms with Gasteiger partial charge < -0.3 is 4.74 Å². The molecular weight excluding hydrogens is 262 g/mol. The highest BCUT2D eigenvalue weighted by Crippen LogP contribution is 2.30. The predicted molar refractivity (Wildman–Crippen MR) is 70.0 cm³/mol. The number of para-hydroxylation sites is 1. The molecule has 0 aromatic heterocycles. The summed E-state index contributed by atoms with van der Waals surface area (Å²) < 4.78 is 32.0. The van der Waals surface area contributed by atoms with E-state index in [1.54, 1.807) is 12.1 Å². The number of hydrogen-bond acceptors (Lipinski definition) is 2. The molecule has 1 heterocycles. The number of fused-ring (bicyclic) bond motifs is 1. The van der Waals surface area contributed by atoms with E-state index in [2.05, 4.69) is 0 Å². The maximum atomic E-state index is 13.2. The third-order valence-corrected chi connectivity index (χ3v) is 3.30. The van der Waals surface area contributed by atoms with Gasteiger partial charge in [-0.05, 0) is 36.6 Å². The Bertz CT molecular complexity index is 660. The molecule has 0 saturated heterocycles. The number of ether oxygens (including phenoxy) is 1. The lowest BCUT2D eigenvalue weighted by molar-refractivity contribution is 0.103. The minimum atomic E-state index is -0.765. The molecule has 1 aliphatic heterocycles. The van der Waals surface area contributed by atoms with E-state index >= 15 is 0 Å². The van der Waals surface area contributed by atoms with Crippen LogP contribution in [0.15, 0.2) is 36.4 Å². The molecule has 4 heteroatoms. The van der Waals surface area contributed by atoms with E-state index in [0.717, 1.165) is 36.6 Å². The van der Waals surface area contributed by atoms with Gasteiger partial charge in [-0.15, -0.1) is 0 Å². The molecule has 102 valence electrons. The van der Waals surface area contributed by atoms with E-state index < -0.39 is 17.4 Å². The van der Waals surface area contributed by atoms with Gasteiger partial charge in [0, 0.05) is 11.6 Å². The summed E-state index contributed by atoms with van der Waals surface area (Å²) in [7, 11) is 0. The normalized spacial score (nSPS) is 13.5. The van der Waals surface area contributed by atoms with Gasteiger partial charge in [-0.25, -0.2) is 8.78 Å². The Morgan fingerprint density at radius 3 is 2.60 bits per heavy atom. The smallest absolute Gasteiger partial charge is 0.196 e. The number of benzene rings is 2. The Morgan fingerprint density at radius 1 is 1.10 bits per heavy atom. The second kappa shape index (κ2) is 5.04. The molecule has 0 unspecified atom stereocenters. The van der Waals surface area contributed by atoms with E-state index in [-0.39, 0.29) is 5.56 Å². The van der Waals surface area contributed by atoms with Crippen molar-refractivity contribution in [2.75, 3.05) is 6.61 Å². The van der Waals surface area contributed by atoms with Gasteiger partial charge in [0.05, 0.1) is 12.2 Å². The van der Waals surface area contributed by atoms with E-state index in [0.29, 0.717) is 17.9 Å². The maximum absolute atomic E-state index is 13.2. The van der Waals surface area contributed by atoms with Gasteiger partial charge in [-0.3, -0.25) is 4.79 Å². The largest absolute Gasteiger partial charge is 0.493 e. The summed E-state index contributed by atoms with van der Waals surface area (Å²) in [5.74, 6) is -1.42. The standard InChI is InChI=1S/C16H12F2O2/c17-12-7-11(8-13(18)9-12)15(19)14-5-1-3-10-4-2-6-20-16(10)14/h1,3,5,7-9H,2,4,6H2. The molecule has 0 spiro atoms. The summed E-state index contributed by atoms with van der Waals surface area (Å²) in [5.41, 5.74) is 1.30. The molecule has 0 fully saturated rings. The zero-order chi connectivity index (χ0) is 14.1. The first-order valence-corrected chi connectivity index (χ1v) is 6.40. The second-order valence-electron chi connectivity index (χ2n) is 4.73. The van der Waals surface area contributed by atoms with Crippen molar-refractivity contribution in [3.63, 3.8) is 0 Å². The average Bonchev–Trinajstić information content (AvgIpc) is 2.45. The third kappa shape index (κ3) is 2.29. The Labute approximate surface area is 115 Å². The maximum Gasteiger partial charge on any atom is 0.196 e. The van der Waals surface area contributed by atoms with Crippen molar-refractivity contribution in [3.05, 3.63) is 64.7 Å². The summed E-state index contributed by atoms with van der Waals surface area (Å²) in [6.45, 7) is 0.550. The summed E-state index contributed by atoms with van der Waals surface area (Å²) in [6, 6.07) is 8.10. The van der Waals surface area contributed by atoms with E-state index in [9.17, 15) is 13.6 Å². The number of ketones is 1. The molecule has 1 aliphatic rings. The molecule has 0 amide bonds. The van der Waals surface area contributed by atoms with E-state index in [1.807, 2.05) is 6.07 Å². The molecule has 0 bridgehead atoms. The van der Waals surface area contributed by atoms with Crippen LogP contribution in [0.1, 0.15) is 27.9 Å². The van der Waals surface area contributed by atoms with Gasteiger partial charge in [0.2, 0.25) is 0 Å². The van der Waals surface area contributed by atoms with Crippen molar-refractivity contribution < 1.29 is 18.3 Å². The van der Waals surface area contributed by atoms with E-state index in [1.165, 1.54) is 0 Å². The fourth-order valence-electron chi connectivity index (χ4n) is 2.41. The molecule has 2 aromatic rings. The van der Waals surface area contributed by atoms with Crippen molar-refractivity contribution in [2.45, 2.75) is 12.8 Å². The highest BCUT2D eigenvalue weighted by Gasteiger charge is 2.21. The summed E-state index contributed by atoms with van der Waals surface area (Å²) in [5, 5.41) is 0. The van der Waals surface area contributed by atoms with Crippen LogP contribution in [-0.4, -0.2) is 12.4 Å². The fraction of sp³-hybridized carbons (Fsp3) is 0.188. The average molecular weight is 274 g/mol. The topological polar surface area (TPSA) is 26.3 Å². The van der Waals surface area contributed by atoms with Crippen LogP contribution in [0.25, 0.3) is 0 Å². The Kier molecular flexibility index (Phi) is 3.22. The summed E-state index contributed by atoms with van der Waals surface area (Å²) >= 11 is 0. The lowest BCUT2D eigenvalue weighted by Gasteiger charge is -2.19. The van der Waals surface area contributed by atoms with Crippen LogP contribution in [0.3, 0.4) is 0 Å². The molecule has 3 rings (SSSR count). The highest BCUT2D eigenvalue weighted by atomic mass is 19.1. The van der Waals surface area contributed by atoms with Crippen molar-refractivity contribution >= 4 is 5.78 Å². The number of aryl methyl sites for hydroxylation is 1. The number of carbonyl (C=O) groups is 1. The molecule has 20 heavy (non-hydrogen) atoms. The Morgan fingerprint density at radius 2 is 1.85 bits per heavy atom. The lowest BCUT2D eigenvalue weighted by Crippen LogP contribution is -2.13. The van der Waals surface area contributed by atoms with Crippen LogP contribution in [0, 0.1) is 11.6 Å². The van der Waals surface area contributed by atoms with Gasteiger partial charge in [-0.1, -0.05) is 12.1 Å². The summed E-state index contributed by atoms with van der Waals surface area (Å²) in [6.07, 6.45) is 1.74. The van der Waals surface area contributed by atoms with Crippen molar-refractivity contribution in [1.29, 1.82) is 0 Å². The van der Waals surface area contributed by atoms with Crippen LogP contribution in [0.5, 0.6) is 5.75 Å². The lowest BCUT2D eigenvalue weighted by atomic mass is 9.97. The van der Waals surface area contributed by atoms with Gasteiger partial charge >= 0.3 is 0 Å². The zero-order valence-corrected chi connectivity index (χ0v) is 10.7. The number of rotatable bonds is 2.